The van der Waals surface area contributed by atoms with E-state index >= 15 is 0 Å². The number of aromatic nitrogens is 4. The van der Waals surface area contributed by atoms with Crippen LogP contribution in [0, 0.1) is 12.8 Å². The van der Waals surface area contributed by atoms with Gasteiger partial charge in [0.15, 0.2) is 5.65 Å². The van der Waals surface area contributed by atoms with Gasteiger partial charge in [-0.2, -0.15) is 18.3 Å². The fourth-order valence-electron chi connectivity index (χ4n) is 4.81. The van der Waals surface area contributed by atoms with Gasteiger partial charge in [-0.3, -0.25) is 4.79 Å². The standard InChI is InChI=1S/C23H25F3N6OS/c1-11(2)18-19(13-4-12(3)21-28-10-29-32(21)7-13)30-16-6-17(34-20(16)18)22(33)31-8-14(23(24,25)26)5-15(27)9-31/h4,6-7,10-11,14-15,30H,5,8-9,27H2,1-3H3/t14-,15+/m0/s1. The van der Waals surface area contributed by atoms with Crippen LogP contribution in [0.15, 0.2) is 24.7 Å². The number of nitrogens with zero attached hydrogens (tertiary/aromatic N) is 4. The molecule has 2 atom stereocenters. The van der Waals surface area contributed by atoms with Gasteiger partial charge in [0.25, 0.3) is 5.91 Å². The van der Waals surface area contributed by atoms with Crippen LogP contribution in [0.4, 0.5) is 13.2 Å². The van der Waals surface area contributed by atoms with Crippen molar-refractivity contribution in [3.05, 3.63) is 40.7 Å². The van der Waals surface area contributed by atoms with Gasteiger partial charge in [-0.25, -0.2) is 9.50 Å². The van der Waals surface area contributed by atoms with Crippen molar-refractivity contribution in [2.45, 2.75) is 45.3 Å². The fourth-order valence-corrected chi connectivity index (χ4v) is 6.09. The van der Waals surface area contributed by atoms with Crippen LogP contribution in [0.5, 0.6) is 0 Å². The first-order valence-electron chi connectivity index (χ1n) is 11.1. The Balaban J connectivity index is 1.52. The number of H-pyrrole nitrogens is 1. The molecule has 0 aromatic carbocycles. The van der Waals surface area contributed by atoms with E-state index in [4.69, 9.17) is 5.73 Å². The minimum absolute atomic E-state index is 0.122. The quantitative estimate of drug-likeness (QED) is 0.435. The number of amides is 1. The molecule has 1 saturated heterocycles. The van der Waals surface area contributed by atoms with E-state index in [-0.39, 0.29) is 25.4 Å². The van der Waals surface area contributed by atoms with Crippen LogP contribution in [0.25, 0.3) is 27.1 Å². The van der Waals surface area contributed by atoms with E-state index < -0.39 is 24.0 Å². The summed E-state index contributed by atoms with van der Waals surface area (Å²) < 4.78 is 42.6. The molecule has 1 aliphatic rings. The summed E-state index contributed by atoms with van der Waals surface area (Å²) in [6.45, 7) is 5.89. The number of alkyl halides is 3. The number of likely N-dealkylation sites (tertiary alicyclic amines) is 1. The van der Waals surface area contributed by atoms with Crippen LogP contribution < -0.4 is 5.73 Å². The van der Waals surface area contributed by atoms with Crippen molar-refractivity contribution in [3.63, 3.8) is 0 Å². The monoisotopic (exact) mass is 490 g/mol. The van der Waals surface area contributed by atoms with E-state index in [1.165, 1.54) is 22.6 Å². The number of nitrogens with one attached hydrogen (secondary N) is 1. The average molecular weight is 491 g/mol. The van der Waals surface area contributed by atoms with E-state index in [9.17, 15) is 18.0 Å². The SMILES string of the molecule is Cc1cc(-c2[nH]c3cc(C(=O)N4C[C@H](N)C[C@H](C(F)(F)F)C4)sc3c2C(C)C)cn2ncnc12. The van der Waals surface area contributed by atoms with Gasteiger partial charge in [0.1, 0.15) is 6.33 Å². The number of hydrogen-bond acceptors (Lipinski definition) is 5. The van der Waals surface area contributed by atoms with E-state index in [2.05, 4.69) is 28.9 Å². The van der Waals surface area contributed by atoms with Gasteiger partial charge in [-0.05, 0) is 42.5 Å². The molecule has 0 unspecified atom stereocenters. The number of carbonyl (C=O) groups is 1. The van der Waals surface area contributed by atoms with Crippen LogP contribution in [0.2, 0.25) is 0 Å². The van der Waals surface area contributed by atoms with Crippen molar-refractivity contribution in [3.8, 4) is 11.3 Å². The number of hydrogen-bond donors (Lipinski definition) is 2. The van der Waals surface area contributed by atoms with Crippen LogP contribution in [0.3, 0.4) is 0 Å². The Morgan fingerprint density at radius 2 is 2.06 bits per heavy atom. The maximum absolute atomic E-state index is 13.3. The Labute approximate surface area is 197 Å². The summed E-state index contributed by atoms with van der Waals surface area (Å²) in [5.41, 5.74) is 11.4. The van der Waals surface area contributed by atoms with Gasteiger partial charge in [0, 0.05) is 30.9 Å². The van der Waals surface area contributed by atoms with Gasteiger partial charge in [0.2, 0.25) is 0 Å². The van der Waals surface area contributed by atoms with Crippen LogP contribution in [-0.4, -0.2) is 55.7 Å². The van der Waals surface area contributed by atoms with Gasteiger partial charge >= 0.3 is 6.18 Å². The number of aromatic amines is 1. The lowest BCUT2D eigenvalue weighted by molar-refractivity contribution is -0.185. The lowest BCUT2D eigenvalue weighted by atomic mass is 9.94. The molecule has 4 aromatic rings. The van der Waals surface area contributed by atoms with Gasteiger partial charge in [-0.1, -0.05) is 13.8 Å². The molecule has 1 aliphatic heterocycles. The number of thiophene rings is 1. The molecule has 0 bridgehead atoms. The molecule has 0 spiro atoms. The molecule has 5 heterocycles. The molecule has 1 amide bonds. The predicted octanol–water partition coefficient (Wildman–Crippen LogP) is 4.72. The second-order valence-electron chi connectivity index (χ2n) is 9.31. The molecule has 34 heavy (non-hydrogen) atoms. The van der Waals surface area contributed by atoms with Crippen LogP contribution in [0.1, 0.15) is 47.0 Å². The van der Waals surface area contributed by atoms with Crippen molar-refractivity contribution in [1.82, 2.24) is 24.5 Å². The Hall–Kier alpha value is -2.92. The molecule has 0 aliphatic carbocycles. The molecule has 0 saturated carbocycles. The first-order chi connectivity index (χ1) is 16.0. The van der Waals surface area contributed by atoms with E-state index in [0.29, 0.717) is 4.88 Å². The third-order valence-corrected chi connectivity index (χ3v) is 7.53. The van der Waals surface area contributed by atoms with Crippen molar-refractivity contribution in [2.24, 2.45) is 11.7 Å². The number of rotatable bonds is 3. The van der Waals surface area contributed by atoms with Crippen LogP contribution in [-0.2, 0) is 0 Å². The van der Waals surface area contributed by atoms with Crippen molar-refractivity contribution in [2.75, 3.05) is 13.1 Å². The Kier molecular flexibility index (Phi) is 5.44. The summed E-state index contributed by atoms with van der Waals surface area (Å²) in [6.07, 6.45) is -1.11. The second-order valence-corrected chi connectivity index (χ2v) is 10.4. The third-order valence-electron chi connectivity index (χ3n) is 6.37. The summed E-state index contributed by atoms with van der Waals surface area (Å²) in [5, 5.41) is 4.25. The van der Waals surface area contributed by atoms with Crippen molar-refractivity contribution in [1.29, 1.82) is 0 Å². The molecule has 4 aromatic heterocycles. The summed E-state index contributed by atoms with van der Waals surface area (Å²) in [6, 6.07) is 3.09. The number of pyridine rings is 1. The molecule has 11 heteroatoms. The largest absolute Gasteiger partial charge is 0.393 e. The van der Waals surface area contributed by atoms with Gasteiger partial charge in [-0.15, -0.1) is 11.3 Å². The first-order valence-corrected chi connectivity index (χ1v) is 11.9. The van der Waals surface area contributed by atoms with Crippen molar-refractivity contribution >= 4 is 33.1 Å². The zero-order valence-corrected chi connectivity index (χ0v) is 19.8. The molecule has 180 valence electrons. The first kappa shape index (κ1) is 22.9. The van der Waals surface area contributed by atoms with Crippen molar-refractivity contribution < 1.29 is 18.0 Å². The summed E-state index contributed by atoms with van der Waals surface area (Å²) >= 11 is 1.31. The highest BCUT2D eigenvalue weighted by Crippen LogP contribution is 2.41. The Morgan fingerprint density at radius 3 is 2.76 bits per heavy atom. The van der Waals surface area contributed by atoms with Gasteiger partial charge in [0.05, 0.1) is 26.7 Å². The molecule has 1 fully saturated rings. The highest BCUT2D eigenvalue weighted by atomic mass is 32.1. The minimum atomic E-state index is -4.37. The lowest BCUT2D eigenvalue weighted by Crippen LogP contribution is -2.52. The highest BCUT2D eigenvalue weighted by Gasteiger charge is 2.45. The topological polar surface area (TPSA) is 92.3 Å². The number of nitrogens with two attached hydrogens (primary N) is 1. The molecule has 3 N–H and O–H groups in total. The lowest BCUT2D eigenvalue weighted by Gasteiger charge is -2.36. The van der Waals surface area contributed by atoms with E-state index in [1.54, 1.807) is 10.6 Å². The molecule has 5 rings (SSSR count). The maximum atomic E-state index is 13.3. The smallest absolute Gasteiger partial charge is 0.354 e. The second kappa shape index (κ2) is 8.09. The predicted molar refractivity (Wildman–Crippen MR) is 125 cm³/mol. The number of fused-ring (bicyclic) bond motifs is 2. The Morgan fingerprint density at radius 1 is 1.29 bits per heavy atom. The van der Waals surface area contributed by atoms with Crippen LogP contribution >= 0.6 is 11.3 Å². The van der Waals surface area contributed by atoms with E-state index in [0.717, 1.165) is 38.2 Å². The average Bonchev–Trinajstić information content (AvgIpc) is 3.45. The van der Waals surface area contributed by atoms with E-state index in [1.807, 2.05) is 19.2 Å². The summed E-state index contributed by atoms with van der Waals surface area (Å²) in [4.78, 5) is 22.5. The summed E-state index contributed by atoms with van der Waals surface area (Å²) in [5.74, 6) is -1.86. The van der Waals surface area contributed by atoms with Gasteiger partial charge < -0.3 is 15.6 Å². The summed E-state index contributed by atoms with van der Waals surface area (Å²) in [7, 11) is 0. The number of piperidine rings is 1. The molecular weight excluding hydrogens is 465 g/mol. The molecule has 7 nitrogen and oxygen atoms in total. The number of halogens is 3. The molecule has 0 radical (unpaired) electrons. The fraction of sp³-hybridized carbons (Fsp3) is 0.435. The minimum Gasteiger partial charge on any atom is -0.354 e. The number of carbonyl (C=O) groups excluding carboxylic acids is 1. The third kappa shape index (κ3) is 3.86. The number of aryl methyl sites for hydroxylation is 1. The highest BCUT2D eigenvalue weighted by molar-refractivity contribution is 7.21. The zero-order valence-electron chi connectivity index (χ0n) is 19.0. The molecular formula is C23H25F3N6OS. The normalized spacial score (nSPS) is 19.6. The maximum Gasteiger partial charge on any atom is 0.393 e. The zero-order chi connectivity index (χ0) is 24.4. The Bertz CT molecular complexity index is 1380.